The number of amides is 1. The number of hydrogen-bond acceptors (Lipinski definition) is 4. The van der Waals surface area contributed by atoms with Crippen molar-refractivity contribution >= 4 is 23.1 Å². The van der Waals surface area contributed by atoms with Gasteiger partial charge in [-0.1, -0.05) is 88.2 Å². The van der Waals surface area contributed by atoms with Gasteiger partial charge in [0.2, 0.25) is 5.91 Å². The lowest BCUT2D eigenvalue weighted by Gasteiger charge is -2.37. The Labute approximate surface area is 231 Å². The van der Waals surface area contributed by atoms with Crippen LogP contribution < -0.4 is 15.0 Å². The first-order chi connectivity index (χ1) is 18.9. The summed E-state index contributed by atoms with van der Waals surface area (Å²) in [5, 5.41) is 3.59. The first kappa shape index (κ1) is 26.7. The largest absolute Gasteiger partial charge is 0.489 e. The summed E-state index contributed by atoms with van der Waals surface area (Å²) in [7, 11) is 0. The van der Waals surface area contributed by atoms with Crippen molar-refractivity contribution < 1.29 is 14.3 Å². The quantitative estimate of drug-likeness (QED) is 0.305. The number of ketones is 1. The molecule has 5 nitrogen and oxygen atoms in total. The van der Waals surface area contributed by atoms with E-state index < -0.39 is 6.04 Å². The minimum atomic E-state index is -0.503. The Morgan fingerprint density at radius 3 is 2.41 bits per heavy atom. The highest BCUT2D eigenvalue weighted by molar-refractivity contribution is 6.06. The molecule has 202 valence electrons. The second kappa shape index (κ2) is 11.5. The Hall–Kier alpha value is -3.86. The summed E-state index contributed by atoms with van der Waals surface area (Å²) >= 11 is 0. The molecule has 5 rings (SSSR count). The van der Waals surface area contributed by atoms with Crippen LogP contribution in [0.1, 0.15) is 76.5 Å². The molecule has 0 saturated carbocycles. The molecule has 39 heavy (non-hydrogen) atoms. The first-order valence-corrected chi connectivity index (χ1v) is 14.1. The Morgan fingerprint density at radius 2 is 1.67 bits per heavy atom. The van der Waals surface area contributed by atoms with Gasteiger partial charge in [0, 0.05) is 24.1 Å². The van der Waals surface area contributed by atoms with Crippen LogP contribution in [0.2, 0.25) is 0 Å². The molecular weight excluding hydrogens is 484 g/mol. The molecule has 2 aliphatic rings. The minimum Gasteiger partial charge on any atom is -0.489 e. The van der Waals surface area contributed by atoms with Crippen LogP contribution >= 0.6 is 0 Å². The van der Waals surface area contributed by atoms with E-state index in [2.05, 4.69) is 26.1 Å². The van der Waals surface area contributed by atoms with Crippen LogP contribution in [-0.2, 0) is 16.2 Å². The number of nitrogens with one attached hydrogen (secondary N) is 1. The number of ether oxygens (including phenoxy) is 1. The maximum Gasteiger partial charge on any atom is 0.227 e. The van der Waals surface area contributed by atoms with Crippen molar-refractivity contribution in [3.63, 3.8) is 0 Å². The fraction of sp³-hybridized carbons (Fsp3) is 0.353. The fourth-order valence-electron chi connectivity index (χ4n) is 5.71. The van der Waals surface area contributed by atoms with Gasteiger partial charge in [-0.15, -0.1) is 0 Å². The number of Topliss-reactive ketones (excluding diaryl/α,β-unsaturated/α-hetero) is 1. The molecule has 1 heterocycles. The third-order valence-electron chi connectivity index (χ3n) is 7.61. The average Bonchev–Trinajstić information content (AvgIpc) is 3.06. The first-order valence-electron chi connectivity index (χ1n) is 14.1. The van der Waals surface area contributed by atoms with E-state index in [1.54, 1.807) is 0 Å². The number of benzene rings is 3. The van der Waals surface area contributed by atoms with Crippen molar-refractivity contribution in [1.82, 2.24) is 0 Å². The van der Waals surface area contributed by atoms with E-state index in [1.165, 1.54) is 0 Å². The molecule has 0 spiro atoms. The van der Waals surface area contributed by atoms with Gasteiger partial charge in [0.25, 0.3) is 0 Å². The number of nitrogens with zero attached hydrogens (tertiary/aromatic N) is 1. The van der Waals surface area contributed by atoms with E-state index in [1.807, 2.05) is 83.8 Å². The van der Waals surface area contributed by atoms with Crippen LogP contribution in [0.4, 0.5) is 11.4 Å². The van der Waals surface area contributed by atoms with Gasteiger partial charge in [-0.25, -0.2) is 0 Å². The van der Waals surface area contributed by atoms with Crippen LogP contribution in [0.15, 0.2) is 90.1 Å². The minimum absolute atomic E-state index is 0.0403. The molecule has 1 unspecified atom stereocenters. The van der Waals surface area contributed by atoms with Crippen LogP contribution in [0, 0.1) is 5.41 Å². The maximum atomic E-state index is 13.9. The molecule has 1 amide bonds. The molecule has 5 heteroatoms. The van der Waals surface area contributed by atoms with Gasteiger partial charge >= 0.3 is 0 Å². The van der Waals surface area contributed by atoms with Gasteiger partial charge in [0.1, 0.15) is 12.4 Å². The number of allylic oxidation sites excluding steroid dienone is 1. The van der Waals surface area contributed by atoms with Crippen LogP contribution in [0.25, 0.3) is 0 Å². The van der Waals surface area contributed by atoms with Crippen molar-refractivity contribution in [3.8, 4) is 5.75 Å². The highest BCUT2D eigenvalue weighted by Crippen LogP contribution is 2.48. The maximum absolute atomic E-state index is 13.9. The molecule has 0 fully saturated rings. The number of carbonyl (C=O) groups excluding carboxylic acids is 2. The molecule has 1 atom stereocenters. The molecule has 3 aromatic carbocycles. The molecule has 0 bridgehead atoms. The SMILES string of the molecule is CCCCCC(=O)N1c2ccccc2NC2=C(C(=O)CC(C)(C)C2)C1c1ccc(OCc2ccccc2)cc1. The van der Waals surface area contributed by atoms with E-state index >= 15 is 0 Å². The number of unbranched alkanes of at least 4 members (excludes halogenated alkanes) is 2. The lowest BCUT2D eigenvalue weighted by molar-refractivity contribution is -0.119. The van der Waals surface area contributed by atoms with Crippen molar-refractivity contribution in [2.24, 2.45) is 5.41 Å². The third kappa shape index (κ3) is 5.93. The molecule has 0 radical (unpaired) electrons. The number of hydrogen-bond donors (Lipinski definition) is 1. The Balaban J connectivity index is 1.56. The zero-order valence-corrected chi connectivity index (χ0v) is 23.2. The fourth-order valence-corrected chi connectivity index (χ4v) is 5.71. The van der Waals surface area contributed by atoms with Gasteiger partial charge in [-0.2, -0.15) is 0 Å². The van der Waals surface area contributed by atoms with E-state index in [4.69, 9.17) is 4.74 Å². The summed E-state index contributed by atoms with van der Waals surface area (Å²) in [6.45, 7) is 6.88. The van der Waals surface area contributed by atoms with Gasteiger partial charge in [-0.05, 0) is 53.6 Å². The molecule has 1 aliphatic heterocycles. The van der Waals surface area contributed by atoms with Crippen molar-refractivity contribution in [2.45, 2.75) is 71.9 Å². The monoisotopic (exact) mass is 522 g/mol. The summed E-state index contributed by atoms with van der Waals surface area (Å²) in [4.78, 5) is 29.6. The molecule has 0 aromatic heterocycles. The van der Waals surface area contributed by atoms with Gasteiger partial charge in [0.15, 0.2) is 5.78 Å². The van der Waals surface area contributed by atoms with Crippen LogP contribution in [0.5, 0.6) is 5.75 Å². The molecule has 3 aromatic rings. The Kier molecular flexibility index (Phi) is 7.87. The summed E-state index contributed by atoms with van der Waals surface area (Å²) in [5.74, 6) is 0.890. The van der Waals surface area contributed by atoms with E-state index in [9.17, 15) is 9.59 Å². The number of carbonyl (C=O) groups is 2. The smallest absolute Gasteiger partial charge is 0.227 e. The Bertz CT molecular complexity index is 1360. The number of anilines is 2. The van der Waals surface area contributed by atoms with E-state index in [-0.39, 0.29) is 17.1 Å². The predicted octanol–water partition coefficient (Wildman–Crippen LogP) is 7.99. The third-order valence-corrected chi connectivity index (χ3v) is 7.61. The van der Waals surface area contributed by atoms with Gasteiger partial charge in [-0.3, -0.25) is 14.5 Å². The van der Waals surface area contributed by atoms with Crippen LogP contribution in [-0.4, -0.2) is 11.7 Å². The number of rotatable bonds is 8. The topological polar surface area (TPSA) is 58.6 Å². The summed E-state index contributed by atoms with van der Waals surface area (Å²) in [6, 6.07) is 25.4. The highest BCUT2D eigenvalue weighted by atomic mass is 16.5. The summed E-state index contributed by atoms with van der Waals surface area (Å²) in [5.41, 5.74) is 5.15. The number of fused-ring (bicyclic) bond motifs is 1. The molecule has 1 aliphatic carbocycles. The highest BCUT2D eigenvalue weighted by Gasteiger charge is 2.43. The molecule has 1 N–H and O–H groups in total. The standard InChI is InChI=1S/C34H38N2O3/c1-4-5-7-16-31(38)36-29-15-11-10-14-27(29)35-28-21-34(2,3)22-30(37)32(28)33(36)25-17-19-26(20-18-25)39-23-24-12-8-6-9-13-24/h6,8-15,17-20,33,35H,4-5,7,16,21-23H2,1-3H3. The number of para-hydroxylation sites is 2. The van der Waals surface area contributed by atoms with Gasteiger partial charge in [0.05, 0.1) is 17.4 Å². The van der Waals surface area contributed by atoms with Gasteiger partial charge < -0.3 is 10.1 Å². The van der Waals surface area contributed by atoms with Crippen molar-refractivity contribution in [1.29, 1.82) is 0 Å². The Morgan fingerprint density at radius 1 is 0.949 bits per heavy atom. The predicted molar refractivity (Wildman–Crippen MR) is 157 cm³/mol. The second-order valence-electron chi connectivity index (χ2n) is 11.4. The molecule has 0 saturated heterocycles. The normalized spacial score (nSPS) is 18.1. The summed E-state index contributed by atoms with van der Waals surface area (Å²) < 4.78 is 6.04. The van der Waals surface area contributed by atoms with E-state index in [0.29, 0.717) is 25.0 Å². The zero-order valence-electron chi connectivity index (χ0n) is 23.2. The van der Waals surface area contributed by atoms with Crippen molar-refractivity contribution in [2.75, 3.05) is 10.2 Å². The van der Waals surface area contributed by atoms with E-state index in [0.717, 1.165) is 59.6 Å². The lowest BCUT2D eigenvalue weighted by atomic mass is 9.73. The summed E-state index contributed by atoms with van der Waals surface area (Å²) in [6.07, 6.45) is 4.51. The van der Waals surface area contributed by atoms with Crippen molar-refractivity contribution in [3.05, 3.63) is 101 Å². The second-order valence-corrected chi connectivity index (χ2v) is 11.4. The zero-order chi connectivity index (χ0) is 27.4. The average molecular weight is 523 g/mol. The molecular formula is C34H38N2O3. The van der Waals surface area contributed by atoms with Crippen LogP contribution in [0.3, 0.4) is 0 Å². The lowest BCUT2D eigenvalue weighted by Crippen LogP contribution is -2.39.